The van der Waals surface area contributed by atoms with Gasteiger partial charge in [-0.3, -0.25) is 0 Å². The first-order valence-electron chi connectivity index (χ1n) is 16.6. The van der Waals surface area contributed by atoms with Crippen molar-refractivity contribution < 1.29 is 0 Å². The second kappa shape index (κ2) is 11.1. The Morgan fingerprint density at radius 3 is 1.98 bits per heavy atom. The van der Waals surface area contributed by atoms with Crippen LogP contribution in [0.25, 0.3) is 72.5 Å². The molecule has 0 radical (unpaired) electrons. The molecule has 6 aromatic carbocycles. The summed E-state index contributed by atoms with van der Waals surface area (Å²) in [4.78, 5) is 9.88. The number of nitrogens with zero attached hydrogens (tertiary/aromatic N) is 5. The van der Waals surface area contributed by atoms with Crippen LogP contribution in [0, 0.1) is 22.7 Å². The third kappa shape index (κ3) is 4.24. The van der Waals surface area contributed by atoms with Gasteiger partial charge in [-0.05, 0) is 34.9 Å². The minimum atomic E-state index is -0.170. The van der Waals surface area contributed by atoms with Crippen molar-refractivity contribution in [3.63, 3.8) is 0 Å². The number of para-hydroxylation sites is 1. The number of hydrogen-bond acceptors (Lipinski definition) is 4. The van der Waals surface area contributed by atoms with E-state index in [1.54, 1.807) is 0 Å². The zero-order valence-corrected chi connectivity index (χ0v) is 27.5. The van der Waals surface area contributed by atoms with Crippen molar-refractivity contribution in [3.05, 3.63) is 162 Å². The summed E-state index contributed by atoms with van der Waals surface area (Å²) in [6.45, 7) is 4.57. The molecule has 234 valence electrons. The summed E-state index contributed by atoms with van der Waals surface area (Å²) >= 11 is 0. The molecule has 1 aliphatic carbocycles. The van der Waals surface area contributed by atoms with Crippen LogP contribution < -0.4 is 0 Å². The summed E-state index contributed by atoms with van der Waals surface area (Å²) in [5.74, 6) is 0.514. The first-order chi connectivity index (χ1) is 24.5. The average molecular weight is 640 g/mol. The van der Waals surface area contributed by atoms with E-state index >= 15 is 0 Å². The highest BCUT2D eigenvalue weighted by molar-refractivity contribution is 6.15. The fourth-order valence-electron chi connectivity index (χ4n) is 7.76. The van der Waals surface area contributed by atoms with Gasteiger partial charge in [-0.15, -0.1) is 0 Å². The van der Waals surface area contributed by atoms with Gasteiger partial charge in [0.1, 0.15) is 17.7 Å². The van der Waals surface area contributed by atoms with Gasteiger partial charge in [0.05, 0.1) is 33.7 Å². The maximum Gasteiger partial charge on any atom is 0.160 e. The van der Waals surface area contributed by atoms with Crippen molar-refractivity contribution in [3.8, 4) is 62.9 Å². The fraction of sp³-hybridized carbons (Fsp3) is 0.0667. The Balaban J connectivity index is 1.32. The summed E-state index contributed by atoms with van der Waals surface area (Å²) in [5, 5.41) is 23.6. The maximum atomic E-state index is 10.8. The summed E-state index contributed by atoms with van der Waals surface area (Å²) in [5.41, 5.74) is 11.9. The Hall–Kier alpha value is -6.82. The second-order valence-electron chi connectivity index (χ2n) is 13.2. The van der Waals surface area contributed by atoms with E-state index < -0.39 is 0 Å². The van der Waals surface area contributed by atoms with Gasteiger partial charge in [-0.25, -0.2) is 9.97 Å². The van der Waals surface area contributed by atoms with E-state index in [1.165, 1.54) is 22.3 Å². The van der Waals surface area contributed by atoms with Crippen LogP contribution in [0.1, 0.15) is 36.1 Å². The van der Waals surface area contributed by atoms with Crippen LogP contribution in [-0.4, -0.2) is 14.5 Å². The largest absolute Gasteiger partial charge is 0.307 e. The molecule has 0 amide bonds. The van der Waals surface area contributed by atoms with E-state index in [1.807, 2.05) is 84.9 Å². The predicted octanol–water partition coefficient (Wildman–Crippen LogP) is 10.6. The maximum absolute atomic E-state index is 10.8. The smallest absolute Gasteiger partial charge is 0.160 e. The van der Waals surface area contributed by atoms with Crippen LogP contribution in [0.3, 0.4) is 0 Å². The van der Waals surface area contributed by atoms with Crippen molar-refractivity contribution in [1.29, 1.82) is 10.5 Å². The number of hydrogen-bond donors (Lipinski definition) is 0. The molecule has 0 fully saturated rings. The van der Waals surface area contributed by atoms with E-state index in [2.05, 4.69) is 85.2 Å². The van der Waals surface area contributed by atoms with Gasteiger partial charge in [0.2, 0.25) is 0 Å². The van der Waals surface area contributed by atoms with E-state index in [-0.39, 0.29) is 5.41 Å². The number of rotatable bonds is 4. The lowest BCUT2D eigenvalue weighted by atomic mass is 9.82. The van der Waals surface area contributed by atoms with Gasteiger partial charge < -0.3 is 4.57 Å². The summed E-state index contributed by atoms with van der Waals surface area (Å²) in [7, 11) is 0. The Labute approximate surface area is 290 Å². The minimum Gasteiger partial charge on any atom is -0.307 e. The van der Waals surface area contributed by atoms with Crippen LogP contribution in [0.5, 0.6) is 0 Å². The van der Waals surface area contributed by atoms with Gasteiger partial charge in [-0.2, -0.15) is 10.5 Å². The molecule has 5 nitrogen and oxygen atoms in total. The van der Waals surface area contributed by atoms with Crippen molar-refractivity contribution >= 4 is 21.8 Å². The molecule has 0 N–H and O–H groups in total. The lowest BCUT2D eigenvalue weighted by molar-refractivity contribution is 0.661. The third-order valence-corrected chi connectivity index (χ3v) is 10.1. The summed E-state index contributed by atoms with van der Waals surface area (Å²) in [6, 6.07) is 51.8. The lowest BCUT2D eigenvalue weighted by Gasteiger charge is -2.21. The van der Waals surface area contributed by atoms with Gasteiger partial charge in [-0.1, -0.05) is 135 Å². The Bertz CT molecular complexity index is 2740. The topological polar surface area (TPSA) is 78.3 Å². The molecule has 0 saturated heterocycles. The molecule has 50 heavy (non-hydrogen) atoms. The van der Waals surface area contributed by atoms with E-state index in [4.69, 9.17) is 9.97 Å². The van der Waals surface area contributed by atoms with Crippen LogP contribution in [0.15, 0.2) is 140 Å². The van der Waals surface area contributed by atoms with Crippen molar-refractivity contribution in [2.24, 2.45) is 0 Å². The molecule has 2 heterocycles. The number of benzene rings is 6. The molecule has 0 aliphatic heterocycles. The van der Waals surface area contributed by atoms with Crippen molar-refractivity contribution in [1.82, 2.24) is 14.5 Å². The molecule has 1 aliphatic rings. The third-order valence-electron chi connectivity index (χ3n) is 10.1. The molecular weight excluding hydrogens is 611 g/mol. The molecule has 0 bridgehead atoms. The first-order valence-corrected chi connectivity index (χ1v) is 16.6. The van der Waals surface area contributed by atoms with Crippen molar-refractivity contribution in [2.75, 3.05) is 0 Å². The van der Waals surface area contributed by atoms with Gasteiger partial charge >= 0.3 is 0 Å². The fourth-order valence-corrected chi connectivity index (χ4v) is 7.76. The van der Waals surface area contributed by atoms with E-state index in [9.17, 15) is 10.5 Å². The Morgan fingerprint density at radius 1 is 0.580 bits per heavy atom. The highest BCUT2D eigenvalue weighted by Gasteiger charge is 2.37. The number of fused-ring (bicyclic) bond motifs is 7. The predicted molar refractivity (Wildman–Crippen MR) is 200 cm³/mol. The van der Waals surface area contributed by atoms with Gasteiger partial charge in [0.15, 0.2) is 5.82 Å². The molecule has 0 unspecified atom stereocenters. The quantitative estimate of drug-likeness (QED) is 0.192. The summed E-state index contributed by atoms with van der Waals surface area (Å²) < 4.78 is 2.25. The minimum absolute atomic E-state index is 0.170. The summed E-state index contributed by atoms with van der Waals surface area (Å²) in [6.07, 6.45) is 0. The van der Waals surface area contributed by atoms with Crippen molar-refractivity contribution in [2.45, 2.75) is 19.3 Å². The number of aromatic nitrogens is 3. The molecule has 9 rings (SSSR count). The molecule has 2 aromatic heterocycles. The standard InChI is InChI=1S/C45H29N5/c1-45(2)36-19-11-9-18-34(36)40-37(45)23-22-33-32-17-10-12-20-39(32)50(43(33)40)38-24-21-30(25-31(38)26-46)42-35(27-47)41(28-13-5-3-6-14-28)48-44(49-42)29-15-7-4-8-16-29/h3-25H,1-2H3. The Kier molecular flexibility index (Phi) is 6.53. The zero-order chi connectivity index (χ0) is 34.0. The van der Waals surface area contributed by atoms with Gasteiger partial charge in [0, 0.05) is 38.4 Å². The molecule has 0 spiro atoms. The van der Waals surface area contributed by atoms with E-state index in [0.717, 1.165) is 38.6 Å². The molecule has 5 heteroatoms. The Morgan fingerprint density at radius 2 is 1.24 bits per heavy atom. The zero-order valence-electron chi connectivity index (χ0n) is 27.5. The number of nitriles is 2. The second-order valence-corrected chi connectivity index (χ2v) is 13.2. The van der Waals surface area contributed by atoms with Crippen LogP contribution in [0.2, 0.25) is 0 Å². The first kappa shape index (κ1) is 29.3. The van der Waals surface area contributed by atoms with Gasteiger partial charge in [0.25, 0.3) is 0 Å². The monoisotopic (exact) mass is 639 g/mol. The molecular formula is C45H29N5. The van der Waals surface area contributed by atoms with E-state index in [0.29, 0.717) is 33.9 Å². The molecule has 0 saturated carbocycles. The van der Waals surface area contributed by atoms with Crippen LogP contribution >= 0.6 is 0 Å². The highest BCUT2D eigenvalue weighted by Crippen LogP contribution is 2.53. The lowest BCUT2D eigenvalue weighted by Crippen LogP contribution is -2.14. The molecule has 8 aromatic rings. The highest BCUT2D eigenvalue weighted by atomic mass is 15.0. The van der Waals surface area contributed by atoms with Crippen LogP contribution in [-0.2, 0) is 5.41 Å². The SMILES string of the molecule is CC1(C)c2ccccc2-c2c1ccc1c3ccccc3n(-c3ccc(-c4nc(-c5ccccc5)nc(-c5ccccc5)c4C#N)cc3C#N)c21. The van der Waals surface area contributed by atoms with Crippen LogP contribution in [0.4, 0.5) is 0 Å². The average Bonchev–Trinajstić information content (AvgIpc) is 3.63. The normalized spacial score (nSPS) is 12.7. The molecule has 0 atom stereocenters.